The van der Waals surface area contributed by atoms with Gasteiger partial charge in [0.05, 0.1) is 17.1 Å². The molecule has 4 aromatic rings. The van der Waals surface area contributed by atoms with Crippen LogP contribution in [-0.2, 0) is 10.2 Å². The maximum atomic E-state index is 13.0. The predicted octanol–water partition coefficient (Wildman–Crippen LogP) is 7.64. The molecule has 2 aromatic heterocycles. The lowest BCUT2D eigenvalue weighted by Crippen LogP contribution is -2.33. The van der Waals surface area contributed by atoms with Crippen LogP contribution in [0.4, 0.5) is 26.9 Å². The van der Waals surface area contributed by atoms with Gasteiger partial charge in [0.1, 0.15) is 28.7 Å². The van der Waals surface area contributed by atoms with Crippen molar-refractivity contribution in [3.05, 3.63) is 78.6 Å². The maximum absolute atomic E-state index is 13.0. The van der Waals surface area contributed by atoms with E-state index in [4.69, 9.17) is 20.3 Å². The zero-order valence-corrected chi connectivity index (χ0v) is 25.7. The zero-order chi connectivity index (χ0) is 30.7. The molecule has 11 heteroatoms. The number of thioether (sulfide) groups is 1. The number of amides is 3. The molecule has 3 N–H and O–H groups in total. The average Bonchev–Trinajstić information content (AvgIpc) is 3.34. The quantitative estimate of drug-likeness (QED) is 0.213. The van der Waals surface area contributed by atoms with Crippen LogP contribution >= 0.6 is 11.8 Å². The van der Waals surface area contributed by atoms with Gasteiger partial charge in [-0.05, 0) is 63.4 Å². The molecule has 0 aliphatic rings. The third-order valence-corrected chi connectivity index (χ3v) is 6.66. The summed E-state index contributed by atoms with van der Waals surface area (Å²) in [5, 5.41) is 7.46. The molecule has 0 aliphatic carbocycles. The van der Waals surface area contributed by atoms with Crippen molar-refractivity contribution in [3.8, 4) is 17.2 Å². The number of ether oxygens (including phenoxy) is 2. The fourth-order valence-corrected chi connectivity index (χ4v) is 4.61. The highest BCUT2D eigenvalue weighted by Gasteiger charge is 2.28. The number of urea groups is 1. The van der Waals surface area contributed by atoms with Crippen LogP contribution in [0.2, 0.25) is 0 Å². The molecule has 0 fully saturated rings. The van der Waals surface area contributed by atoms with Crippen molar-refractivity contribution in [1.82, 2.24) is 14.8 Å². The summed E-state index contributed by atoms with van der Waals surface area (Å²) in [6.07, 6.45) is 2.82. The number of pyridine rings is 1. The summed E-state index contributed by atoms with van der Waals surface area (Å²) in [6.45, 7) is 11.5. The second kappa shape index (κ2) is 12.2. The molecular formula is C31H36N6O4S. The van der Waals surface area contributed by atoms with Crippen LogP contribution in [0.15, 0.2) is 77.8 Å². The molecule has 10 nitrogen and oxygen atoms in total. The molecule has 0 spiro atoms. The minimum Gasteiger partial charge on any atom is -0.457 e. The van der Waals surface area contributed by atoms with Gasteiger partial charge in [-0.25, -0.2) is 24.2 Å². The van der Waals surface area contributed by atoms with E-state index in [9.17, 15) is 9.59 Å². The van der Waals surface area contributed by atoms with Gasteiger partial charge in [-0.2, -0.15) is 5.10 Å². The van der Waals surface area contributed by atoms with E-state index in [1.807, 2.05) is 48.7 Å². The molecule has 3 amide bonds. The Labute approximate surface area is 250 Å². The van der Waals surface area contributed by atoms with Gasteiger partial charge in [-0.3, -0.25) is 5.32 Å². The Hall–Kier alpha value is -4.51. The van der Waals surface area contributed by atoms with Gasteiger partial charge in [0.2, 0.25) is 0 Å². The Kier molecular flexibility index (Phi) is 8.81. The number of aromatic nitrogens is 3. The lowest BCUT2D eigenvalue weighted by atomic mass is 9.92. The molecular weight excluding hydrogens is 552 g/mol. The van der Waals surface area contributed by atoms with Crippen LogP contribution in [-0.4, -0.2) is 38.7 Å². The largest absolute Gasteiger partial charge is 0.457 e. The van der Waals surface area contributed by atoms with E-state index in [0.717, 1.165) is 16.3 Å². The molecule has 0 radical (unpaired) electrons. The summed E-state index contributed by atoms with van der Waals surface area (Å²) in [6, 6.07) is 19.5. The van der Waals surface area contributed by atoms with Crippen molar-refractivity contribution in [2.75, 3.05) is 16.5 Å². The zero-order valence-electron chi connectivity index (χ0n) is 24.8. The number of benzene rings is 2. The van der Waals surface area contributed by atoms with Crippen LogP contribution < -0.4 is 20.7 Å². The maximum Gasteiger partial charge on any atom is 0.413 e. The molecule has 0 saturated heterocycles. The fourth-order valence-electron chi connectivity index (χ4n) is 4.00. The Morgan fingerprint density at radius 3 is 2.26 bits per heavy atom. The van der Waals surface area contributed by atoms with Crippen LogP contribution in [0.5, 0.6) is 11.5 Å². The number of hydrogen-bond acceptors (Lipinski definition) is 7. The predicted molar refractivity (Wildman–Crippen MR) is 166 cm³/mol. The SMILES string of the molecule is CSc1cc(Oc2ccnc(NC(=O)OC(C)(C)C)c2)ccc1N(C(N)=O)c1cc(C(C)(C)C)nn1-c1ccccc1. The normalized spacial score (nSPS) is 11.6. The van der Waals surface area contributed by atoms with E-state index in [0.29, 0.717) is 23.0 Å². The number of nitrogens with one attached hydrogen (secondary N) is 1. The molecule has 0 aliphatic heterocycles. The summed E-state index contributed by atoms with van der Waals surface area (Å²) in [5.74, 6) is 1.79. The van der Waals surface area contributed by atoms with Crippen LogP contribution in [0.1, 0.15) is 47.2 Å². The molecule has 220 valence electrons. The van der Waals surface area contributed by atoms with E-state index in [1.54, 1.807) is 49.7 Å². The van der Waals surface area contributed by atoms with Gasteiger partial charge in [-0.1, -0.05) is 39.0 Å². The number of nitrogens with two attached hydrogens (primary N) is 1. The van der Waals surface area contributed by atoms with Crippen molar-refractivity contribution >= 4 is 41.2 Å². The number of para-hydroxylation sites is 1. The highest BCUT2D eigenvalue weighted by Crippen LogP contribution is 2.39. The second-order valence-corrected chi connectivity index (χ2v) is 12.3. The van der Waals surface area contributed by atoms with Crippen molar-refractivity contribution in [1.29, 1.82) is 0 Å². The third-order valence-electron chi connectivity index (χ3n) is 5.90. The summed E-state index contributed by atoms with van der Waals surface area (Å²) < 4.78 is 13.1. The third kappa shape index (κ3) is 7.41. The number of carbonyl (C=O) groups is 2. The second-order valence-electron chi connectivity index (χ2n) is 11.5. The van der Waals surface area contributed by atoms with Crippen molar-refractivity contribution in [3.63, 3.8) is 0 Å². The summed E-state index contributed by atoms with van der Waals surface area (Å²) in [4.78, 5) is 31.6. The molecule has 0 bridgehead atoms. The Bertz CT molecular complexity index is 1570. The highest BCUT2D eigenvalue weighted by molar-refractivity contribution is 7.98. The molecule has 0 atom stereocenters. The first kappa shape index (κ1) is 30.4. The first-order valence-corrected chi connectivity index (χ1v) is 14.5. The Morgan fingerprint density at radius 1 is 0.952 bits per heavy atom. The number of nitrogens with zero attached hydrogens (tertiary/aromatic N) is 4. The van der Waals surface area contributed by atoms with Gasteiger partial charge in [0.25, 0.3) is 0 Å². The monoisotopic (exact) mass is 588 g/mol. The summed E-state index contributed by atoms with van der Waals surface area (Å²) in [5.41, 5.74) is 7.29. The van der Waals surface area contributed by atoms with E-state index in [1.165, 1.54) is 22.9 Å². The molecule has 0 saturated carbocycles. The van der Waals surface area contributed by atoms with Gasteiger partial charge < -0.3 is 15.2 Å². The lowest BCUT2D eigenvalue weighted by Gasteiger charge is -2.24. The molecule has 2 aromatic carbocycles. The van der Waals surface area contributed by atoms with Crippen molar-refractivity contribution < 1.29 is 19.1 Å². The molecule has 0 unspecified atom stereocenters. The smallest absolute Gasteiger partial charge is 0.413 e. The average molecular weight is 589 g/mol. The van der Waals surface area contributed by atoms with E-state index >= 15 is 0 Å². The molecule has 42 heavy (non-hydrogen) atoms. The summed E-state index contributed by atoms with van der Waals surface area (Å²) in [7, 11) is 0. The topological polar surface area (TPSA) is 125 Å². The first-order chi connectivity index (χ1) is 19.7. The fraction of sp³-hybridized carbons (Fsp3) is 0.290. The van der Waals surface area contributed by atoms with E-state index in [-0.39, 0.29) is 11.2 Å². The number of rotatable bonds is 7. The van der Waals surface area contributed by atoms with Crippen molar-refractivity contribution in [2.45, 2.75) is 57.5 Å². The highest BCUT2D eigenvalue weighted by atomic mass is 32.2. The van der Waals surface area contributed by atoms with Gasteiger partial charge >= 0.3 is 12.1 Å². The van der Waals surface area contributed by atoms with E-state index < -0.39 is 17.7 Å². The number of hydrogen-bond donors (Lipinski definition) is 2. The number of carbonyl (C=O) groups excluding carboxylic acids is 2. The van der Waals surface area contributed by atoms with Crippen LogP contribution in [0, 0.1) is 0 Å². The van der Waals surface area contributed by atoms with Crippen molar-refractivity contribution in [2.24, 2.45) is 5.73 Å². The van der Waals surface area contributed by atoms with E-state index in [2.05, 4.69) is 31.1 Å². The van der Waals surface area contributed by atoms with Gasteiger partial charge in [0.15, 0.2) is 0 Å². The van der Waals surface area contributed by atoms with Gasteiger partial charge in [-0.15, -0.1) is 11.8 Å². The Balaban J connectivity index is 1.68. The standard InChI is InChI=1S/C31H36N6O4S/c1-30(2,3)25-19-27(37(35-25)20-11-9-8-10-12-20)36(28(32)38)23-14-13-21(17-24(23)42-7)40-22-15-16-33-26(18-22)34-29(39)41-31(4,5)6/h8-19H,1-7H3,(H2,32,38)(H,33,34,39). The molecule has 2 heterocycles. The summed E-state index contributed by atoms with van der Waals surface area (Å²) >= 11 is 1.45. The van der Waals surface area contributed by atoms with Crippen LogP contribution in [0.3, 0.4) is 0 Å². The lowest BCUT2D eigenvalue weighted by molar-refractivity contribution is 0.0635. The molecule has 4 rings (SSSR count). The minimum atomic E-state index is -0.650. The minimum absolute atomic E-state index is 0.264. The first-order valence-electron chi connectivity index (χ1n) is 13.3. The number of primary amides is 1. The van der Waals surface area contributed by atoms with Gasteiger partial charge in [0, 0.05) is 28.6 Å². The number of anilines is 3. The Morgan fingerprint density at radius 2 is 1.64 bits per heavy atom. The van der Waals surface area contributed by atoms with Crippen LogP contribution in [0.25, 0.3) is 5.69 Å².